The van der Waals surface area contributed by atoms with Gasteiger partial charge < -0.3 is 54.2 Å². The zero-order valence-corrected chi connectivity index (χ0v) is 71.1. The number of halogens is 1. The molecule has 3 N–H and O–H groups in total. The standard InChI is InChI=1S/C50H50N4O6S3.C47H51ClN4O4/c1-3-35(29-48-53(25-12-26-63(58,59)60)43-31-38(20-22-46(43)62-48)36-13-5-4-6-14-36)28-47-52(42-27-34(2)19-21-45(42)61-47)24-10-9-23-51-49(55)39-17-11-18-41(30-39)54-33-40-16-8-7-15-37(40)32-44(54)50(56)57;1-4-32(29-46-51(6-3)41-16-10-11-17-43(41)56-46)28-45-50(5-2)40-24-19-34(33-14-8-7-9-15-33)31-42(40)52(45)27-13-12-26-49-44(53)25-23-38-37-22-20-36(48)30-35(37)18-21-39(38)47(54)55/h4-8,11,13-22,27-31,44H,3,9-10,12,23-26,32-33H2,1-2H3,(H2-,51,55,56,57,58,59,60);7-11,14-17,19-20,22,24,28-31,38-39H,4-6,12-13,18,21,23,25-27H2,1-3H3,(H-,49,53,54,55). The van der Waals surface area contributed by atoms with Gasteiger partial charge in [-0.05, 0) is 225 Å². The molecule has 9 aromatic carbocycles. The maximum Gasteiger partial charge on any atom is 0.374 e. The molecule has 119 heavy (non-hydrogen) atoms. The Labute approximate surface area is 710 Å². The van der Waals surface area contributed by atoms with Crippen LogP contribution >= 0.6 is 34.7 Å². The van der Waals surface area contributed by atoms with Crippen LogP contribution in [0.5, 0.6) is 0 Å². The Kier molecular flexibility index (Phi) is 27.5. The van der Waals surface area contributed by atoms with E-state index in [4.69, 9.17) is 16.0 Å². The summed E-state index contributed by atoms with van der Waals surface area (Å²) in [4.78, 5) is 61.1. The third kappa shape index (κ3) is 20.1. The number of carbonyl (C=O) groups is 4. The summed E-state index contributed by atoms with van der Waals surface area (Å²) in [5, 5.41) is 31.0. The topological polar surface area (TPSA) is 227 Å². The SMILES string of the molecule is CCC(=Cc1oc2ccccc2[n+]1CC)C=C1N(CC)c2ccc(-c3ccccc3)cc2N1CCCCNC(=O)CCC1c2ccc(Cl)cc2CCC1C(=O)[O-].CCC(=Cc1sc2ccc(-c3ccccc3)cc2[n+]1CCCS(=O)(=O)[O-])C=C1Sc2ccc(C)cc2N1CCCCNC(=O)c1cccc(N2Cc3ccccc3CC2C(=O)O)c1. The largest absolute Gasteiger partial charge is 0.748 e. The lowest BCUT2D eigenvalue weighted by molar-refractivity contribution is -0.674. The number of aryl methyl sites for hydroxylation is 4. The zero-order chi connectivity index (χ0) is 83.3. The third-order valence-corrected chi connectivity index (χ3v) is 26.2. The van der Waals surface area contributed by atoms with E-state index < -0.39 is 39.8 Å². The highest BCUT2D eigenvalue weighted by Crippen LogP contribution is 2.49. The van der Waals surface area contributed by atoms with Gasteiger partial charge in [0.15, 0.2) is 6.54 Å². The number of anilines is 4. The molecule has 614 valence electrons. The average Bonchev–Trinajstić information content (AvgIpc) is 1.57. The summed E-state index contributed by atoms with van der Waals surface area (Å²) in [5.41, 5.74) is 19.8. The number of unbranched alkanes of at least 4 members (excludes halogenated alkanes) is 2. The second-order valence-corrected chi connectivity index (χ2v) is 34.8. The molecule has 22 heteroatoms. The average molecular weight is 1670 g/mol. The molecule has 0 saturated heterocycles. The Morgan fingerprint density at radius 1 is 0.647 bits per heavy atom. The van der Waals surface area contributed by atoms with Gasteiger partial charge in [-0.1, -0.05) is 176 Å². The van der Waals surface area contributed by atoms with Crippen molar-refractivity contribution >= 4 is 125 Å². The first kappa shape index (κ1) is 84.4. The number of oxazole rings is 1. The molecule has 3 aliphatic heterocycles. The van der Waals surface area contributed by atoms with Gasteiger partial charge in [0.25, 0.3) is 16.4 Å². The number of carboxylic acid groups (broad SMARTS) is 2. The number of hydrogen-bond donors (Lipinski definition) is 3. The fraction of sp³-hybridized carbons (Fsp3) is 0.299. The number of carbonyl (C=O) groups excluding carboxylic acids is 3. The first-order chi connectivity index (χ1) is 57.7. The third-order valence-electron chi connectivity index (χ3n) is 22.9. The van der Waals surface area contributed by atoms with Crippen LogP contribution in [0.3, 0.4) is 0 Å². The van der Waals surface area contributed by atoms with Crippen molar-refractivity contribution in [2.45, 2.75) is 148 Å². The summed E-state index contributed by atoms with van der Waals surface area (Å²) in [6, 6.07) is 68.5. The van der Waals surface area contributed by atoms with E-state index in [1.165, 1.54) is 33.0 Å². The summed E-state index contributed by atoms with van der Waals surface area (Å²) < 4.78 is 46.6. The van der Waals surface area contributed by atoms with Gasteiger partial charge in [0.2, 0.25) is 17.0 Å². The molecule has 15 rings (SSSR count). The van der Waals surface area contributed by atoms with Gasteiger partial charge in [0.05, 0.1) is 38.3 Å². The minimum atomic E-state index is -4.35. The van der Waals surface area contributed by atoms with Crippen molar-refractivity contribution in [2.75, 3.05) is 58.1 Å². The summed E-state index contributed by atoms with van der Waals surface area (Å²) in [6.45, 7) is 15.8. The maximum atomic E-state index is 13.4. The monoisotopic (exact) mass is 1670 g/mol. The van der Waals surface area contributed by atoms with Gasteiger partial charge in [0.1, 0.15) is 23.1 Å². The first-order valence-electron chi connectivity index (χ1n) is 41.5. The predicted octanol–water partition coefficient (Wildman–Crippen LogP) is 18.4. The lowest BCUT2D eigenvalue weighted by atomic mass is 9.73. The number of carboxylic acids is 2. The van der Waals surface area contributed by atoms with Gasteiger partial charge in [-0.2, -0.15) is 9.13 Å². The minimum Gasteiger partial charge on any atom is -0.748 e. The molecule has 0 spiro atoms. The smallest absolute Gasteiger partial charge is 0.374 e. The van der Waals surface area contributed by atoms with Crippen LogP contribution in [0, 0.1) is 12.8 Å². The van der Waals surface area contributed by atoms with Crippen molar-refractivity contribution in [1.82, 2.24) is 10.6 Å². The Morgan fingerprint density at radius 2 is 1.34 bits per heavy atom. The minimum absolute atomic E-state index is 0.0624. The van der Waals surface area contributed by atoms with Gasteiger partial charge in [0, 0.05) is 116 Å². The zero-order valence-electron chi connectivity index (χ0n) is 67.9. The van der Waals surface area contributed by atoms with E-state index in [9.17, 15) is 42.4 Å². The molecule has 2 aromatic heterocycles. The summed E-state index contributed by atoms with van der Waals surface area (Å²) >= 11 is 9.62. The van der Waals surface area contributed by atoms with E-state index in [1.54, 1.807) is 41.3 Å². The van der Waals surface area contributed by atoms with Crippen LogP contribution in [-0.2, 0) is 57.0 Å². The molecular formula is C97H101ClN8O10S3. The van der Waals surface area contributed by atoms with Crippen molar-refractivity contribution in [3.05, 3.63) is 290 Å². The van der Waals surface area contributed by atoms with E-state index in [1.807, 2.05) is 95.9 Å². The van der Waals surface area contributed by atoms with Crippen molar-refractivity contribution in [1.29, 1.82) is 0 Å². The van der Waals surface area contributed by atoms with Gasteiger partial charge in [-0.25, -0.2) is 13.2 Å². The number of aromatic nitrogens is 2. The predicted molar refractivity (Wildman–Crippen MR) is 476 cm³/mol. The van der Waals surface area contributed by atoms with Crippen molar-refractivity contribution < 1.29 is 55.9 Å². The van der Waals surface area contributed by atoms with Gasteiger partial charge >= 0.3 is 11.9 Å². The molecule has 0 fully saturated rings. The lowest BCUT2D eigenvalue weighted by Crippen LogP contribution is -2.45. The van der Waals surface area contributed by atoms with E-state index >= 15 is 0 Å². The number of rotatable bonds is 31. The van der Waals surface area contributed by atoms with E-state index in [-0.39, 0.29) is 30.6 Å². The number of amides is 2. The molecule has 4 aliphatic rings. The lowest BCUT2D eigenvalue weighted by Gasteiger charge is -2.36. The van der Waals surface area contributed by atoms with Crippen LogP contribution in [0.1, 0.15) is 147 Å². The Morgan fingerprint density at radius 3 is 2.07 bits per heavy atom. The first-order valence-corrected chi connectivity index (χ1v) is 45.0. The van der Waals surface area contributed by atoms with Crippen LogP contribution in [0.25, 0.3) is 55.7 Å². The van der Waals surface area contributed by atoms with Crippen LogP contribution in [0.2, 0.25) is 5.02 Å². The van der Waals surface area contributed by atoms with Crippen LogP contribution in [-0.4, -0.2) is 86.3 Å². The number of thiazole rings is 1. The fourth-order valence-corrected chi connectivity index (χ4v) is 19.7. The number of aliphatic carboxylic acids is 2. The van der Waals surface area contributed by atoms with E-state index in [2.05, 4.69) is 190 Å². The molecular weight excluding hydrogens is 1570 g/mol. The summed E-state index contributed by atoms with van der Waals surface area (Å²) in [6.07, 6.45) is 16.2. The quantitative estimate of drug-likeness (QED) is 0.0209. The van der Waals surface area contributed by atoms with Crippen LogP contribution in [0.4, 0.5) is 22.7 Å². The summed E-state index contributed by atoms with van der Waals surface area (Å²) in [7, 11) is -4.35. The number of nitrogens with zero attached hydrogens (tertiary/aromatic N) is 6. The Balaban J connectivity index is 0.000000197. The molecule has 0 radical (unpaired) electrons. The van der Waals surface area contributed by atoms with E-state index in [0.717, 1.165) is 158 Å². The molecule has 3 unspecified atom stereocenters. The fourth-order valence-electron chi connectivity index (χ4n) is 16.8. The van der Waals surface area contributed by atoms with Gasteiger partial charge in [-0.15, -0.1) is 0 Å². The van der Waals surface area contributed by atoms with E-state index in [0.29, 0.717) is 68.1 Å². The normalized spacial score (nSPS) is 16.5. The maximum absolute atomic E-state index is 13.4. The molecule has 0 bridgehead atoms. The second kappa shape index (κ2) is 38.8. The number of allylic oxidation sites excluding steroid dienone is 4. The number of hydrogen-bond acceptors (Lipinski definition) is 15. The number of nitrogens with one attached hydrogen (secondary N) is 2. The highest BCUT2D eigenvalue weighted by Gasteiger charge is 2.36. The number of benzene rings is 9. The Hall–Kier alpha value is -11.1. The number of thioether (sulfide) groups is 1. The molecule has 5 heterocycles. The number of para-hydroxylation sites is 2. The molecule has 3 atom stereocenters. The molecule has 11 aromatic rings. The van der Waals surface area contributed by atoms with Crippen LogP contribution in [0.15, 0.2) is 250 Å². The highest BCUT2D eigenvalue weighted by molar-refractivity contribution is 8.03. The van der Waals surface area contributed by atoms with Crippen molar-refractivity contribution in [3.8, 4) is 22.3 Å². The van der Waals surface area contributed by atoms with Gasteiger partial charge in [-0.3, -0.25) is 9.59 Å². The summed E-state index contributed by atoms with van der Waals surface area (Å²) in [5.74, 6) is -1.53. The van der Waals surface area contributed by atoms with Crippen molar-refractivity contribution in [3.63, 3.8) is 0 Å². The highest BCUT2D eigenvalue weighted by atomic mass is 35.5. The Bertz CT molecular complexity index is 5800. The molecule has 0 saturated carbocycles. The molecule has 2 amide bonds. The molecule has 18 nitrogen and oxygen atoms in total. The second-order valence-electron chi connectivity index (χ2n) is 30.7. The number of fused-ring (bicyclic) bond motifs is 6. The van der Waals surface area contributed by atoms with Crippen molar-refractivity contribution in [2.24, 2.45) is 5.92 Å². The van der Waals surface area contributed by atoms with Crippen LogP contribution < -0.4 is 44.5 Å². The molecule has 1 aliphatic carbocycles.